The summed E-state index contributed by atoms with van der Waals surface area (Å²) in [5.41, 5.74) is 6.04. The predicted octanol–water partition coefficient (Wildman–Crippen LogP) is 4.99. The topological polar surface area (TPSA) is 96.6 Å². The Balaban J connectivity index is 1.83. The molecule has 0 fully saturated rings. The molecule has 3 rings (SSSR count). The van der Waals surface area contributed by atoms with E-state index in [9.17, 15) is 14.9 Å². The summed E-state index contributed by atoms with van der Waals surface area (Å²) in [4.78, 5) is 23.5. The van der Waals surface area contributed by atoms with Crippen molar-refractivity contribution < 1.29 is 9.72 Å². The monoisotopic (exact) mass is 388 g/mol. The van der Waals surface area contributed by atoms with Gasteiger partial charge >= 0.3 is 0 Å². The maximum Gasteiger partial charge on any atom is 0.294 e. The van der Waals surface area contributed by atoms with Crippen molar-refractivity contribution in [1.82, 2.24) is 0 Å². The van der Waals surface area contributed by atoms with Crippen LogP contribution in [-0.4, -0.2) is 16.5 Å². The molecule has 0 heterocycles. The Morgan fingerprint density at radius 2 is 1.62 bits per heavy atom. The highest BCUT2D eigenvalue weighted by molar-refractivity contribution is 6.05. The van der Waals surface area contributed by atoms with Gasteiger partial charge in [0, 0.05) is 17.3 Å². The van der Waals surface area contributed by atoms with Gasteiger partial charge in [0.1, 0.15) is 5.69 Å². The standard InChI is InChI=1S/C22H20N4O3/c1-15-8-6-7-11-19(15)23-22(27)18-12-13-20(21(14-18)26(28)29)25-24-16(2)17-9-4-3-5-10-17/h3-14,25H,1-2H3,(H,23,27)/b24-16-. The van der Waals surface area contributed by atoms with Crippen LogP contribution >= 0.6 is 0 Å². The van der Waals surface area contributed by atoms with Crippen molar-refractivity contribution in [3.63, 3.8) is 0 Å². The minimum absolute atomic E-state index is 0.189. The van der Waals surface area contributed by atoms with Gasteiger partial charge in [-0.3, -0.25) is 20.3 Å². The summed E-state index contributed by atoms with van der Waals surface area (Å²) in [6, 6.07) is 21.0. The van der Waals surface area contributed by atoms with E-state index in [1.54, 1.807) is 13.0 Å². The predicted molar refractivity (Wildman–Crippen MR) is 115 cm³/mol. The highest BCUT2D eigenvalue weighted by Crippen LogP contribution is 2.26. The molecule has 0 bridgehead atoms. The zero-order valence-electron chi connectivity index (χ0n) is 16.0. The van der Waals surface area contributed by atoms with Crippen LogP contribution in [0.4, 0.5) is 17.1 Å². The molecule has 0 aliphatic rings. The maximum atomic E-state index is 12.5. The fourth-order valence-electron chi connectivity index (χ4n) is 2.71. The highest BCUT2D eigenvalue weighted by atomic mass is 16.6. The summed E-state index contributed by atoms with van der Waals surface area (Å²) in [6.45, 7) is 3.68. The van der Waals surface area contributed by atoms with Crippen LogP contribution in [0.3, 0.4) is 0 Å². The van der Waals surface area contributed by atoms with E-state index in [-0.39, 0.29) is 16.9 Å². The smallest absolute Gasteiger partial charge is 0.294 e. The summed E-state index contributed by atoms with van der Waals surface area (Å²) in [5.74, 6) is -0.419. The molecule has 7 nitrogen and oxygen atoms in total. The zero-order chi connectivity index (χ0) is 20.8. The number of benzene rings is 3. The number of nitrogens with one attached hydrogen (secondary N) is 2. The number of nitro groups is 1. The largest absolute Gasteiger partial charge is 0.322 e. The first-order valence-corrected chi connectivity index (χ1v) is 8.97. The molecule has 0 radical (unpaired) electrons. The Bertz CT molecular complexity index is 1080. The van der Waals surface area contributed by atoms with Crippen LogP contribution in [0, 0.1) is 17.0 Å². The molecule has 0 saturated carbocycles. The number of hydrogen-bond acceptors (Lipinski definition) is 5. The van der Waals surface area contributed by atoms with Crippen molar-refractivity contribution >= 4 is 28.7 Å². The van der Waals surface area contributed by atoms with Crippen molar-refractivity contribution in [2.24, 2.45) is 5.10 Å². The van der Waals surface area contributed by atoms with E-state index in [1.807, 2.05) is 55.5 Å². The number of amides is 1. The van der Waals surface area contributed by atoms with Gasteiger partial charge in [-0.15, -0.1) is 0 Å². The average molecular weight is 388 g/mol. The number of carbonyl (C=O) groups excluding carboxylic acids is 1. The van der Waals surface area contributed by atoms with E-state index in [2.05, 4.69) is 15.8 Å². The second kappa shape index (κ2) is 8.79. The second-order valence-electron chi connectivity index (χ2n) is 6.43. The summed E-state index contributed by atoms with van der Waals surface area (Å²) >= 11 is 0. The summed E-state index contributed by atoms with van der Waals surface area (Å²) in [7, 11) is 0. The quantitative estimate of drug-likeness (QED) is 0.353. The third kappa shape index (κ3) is 4.84. The molecule has 0 atom stereocenters. The summed E-state index contributed by atoms with van der Waals surface area (Å²) < 4.78 is 0. The lowest BCUT2D eigenvalue weighted by molar-refractivity contribution is -0.384. The van der Waals surface area contributed by atoms with Crippen molar-refractivity contribution in [2.75, 3.05) is 10.7 Å². The molecule has 2 N–H and O–H groups in total. The van der Waals surface area contributed by atoms with E-state index >= 15 is 0 Å². The van der Waals surface area contributed by atoms with Crippen LogP contribution < -0.4 is 10.7 Å². The lowest BCUT2D eigenvalue weighted by atomic mass is 10.1. The Hall–Kier alpha value is -4.00. The molecule has 0 spiro atoms. The van der Waals surface area contributed by atoms with Crippen LogP contribution in [0.5, 0.6) is 0 Å². The highest BCUT2D eigenvalue weighted by Gasteiger charge is 2.18. The molecule has 3 aromatic rings. The molecule has 1 amide bonds. The van der Waals surface area contributed by atoms with E-state index in [0.717, 1.165) is 11.1 Å². The zero-order valence-corrected chi connectivity index (χ0v) is 16.0. The molecular weight excluding hydrogens is 368 g/mol. The van der Waals surface area contributed by atoms with Gasteiger partial charge in [0.15, 0.2) is 0 Å². The number of hydrazone groups is 1. The van der Waals surface area contributed by atoms with Crippen LogP contribution in [-0.2, 0) is 0 Å². The SMILES string of the molecule is C/C(=N/Nc1ccc(C(=O)Nc2ccccc2C)cc1[N+](=O)[O-])c1ccccc1. The number of aryl methyl sites for hydroxylation is 1. The maximum absolute atomic E-state index is 12.5. The van der Waals surface area contributed by atoms with Crippen LogP contribution in [0.1, 0.15) is 28.4 Å². The normalized spacial score (nSPS) is 11.0. The first kappa shape index (κ1) is 19.8. The number of hydrogen-bond donors (Lipinski definition) is 2. The van der Waals surface area contributed by atoms with Crippen LogP contribution in [0.15, 0.2) is 77.9 Å². The van der Waals surface area contributed by atoms with E-state index in [4.69, 9.17) is 0 Å². The number of anilines is 2. The molecule has 146 valence electrons. The Morgan fingerprint density at radius 3 is 2.31 bits per heavy atom. The third-order valence-electron chi connectivity index (χ3n) is 4.39. The van der Waals surface area contributed by atoms with Crippen molar-refractivity contribution in [3.8, 4) is 0 Å². The van der Waals surface area contributed by atoms with Gasteiger partial charge in [-0.2, -0.15) is 5.10 Å². The number of nitrogens with zero attached hydrogens (tertiary/aromatic N) is 2. The van der Waals surface area contributed by atoms with E-state index < -0.39 is 10.8 Å². The van der Waals surface area contributed by atoms with Crippen LogP contribution in [0.25, 0.3) is 0 Å². The lowest BCUT2D eigenvalue weighted by Gasteiger charge is -2.09. The molecule has 3 aromatic carbocycles. The van der Waals surface area contributed by atoms with Crippen LogP contribution in [0.2, 0.25) is 0 Å². The molecule has 7 heteroatoms. The Labute approximate surface area is 168 Å². The minimum atomic E-state index is -0.541. The number of carbonyl (C=O) groups is 1. The molecule has 29 heavy (non-hydrogen) atoms. The molecular formula is C22H20N4O3. The number of nitro benzene ring substituents is 1. The van der Waals surface area contributed by atoms with Gasteiger partial charge in [0.25, 0.3) is 11.6 Å². The average Bonchev–Trinajstić information content (AvgIpc) is 2.74. The van der Waals surface area contributed by atoms with Gasteiger partial charge in [-0.25, -0.2) is 0 Å². The van der Waals surface area contributed by atoms with Crippen molar-refractivity contribution in [3.05, 3.63) is 99.6 Å². The van der Waals surface area contributed by atoms with E-state index in [1.165, 1.54) is 18.2 Å². The Kier molecular flexibility index (Phi) is 5.99. The number of rotatable bonds is 6. The fourth-order valence-corrected chi connectivity index (χ4v) is 2.71. The Morgan fingerprint density at radius 1 is 0.931 bits per heavy atom. The molecule has 0 saturated heterocycles. The third-order valence-corrected chi connectivity index (χ3v) is 4.39. The van der Waals surface area contributed by atoms with Crippen molar-refractivity contribution in [2.45, 2.75) is 13.8 Å². The van der Waals surface area contributed by atoms with Crippen molar-refractivity contribution in [1.29, 1.82) is 0 Å². The van der Waals surface area contributed by atoms with Gasteiger partial charge < -0.3 is 5.32 Å². The molecule has 0 aliphatic carbocycles. The van der Waals surface area contributed by atoms with Gasteiger partial charge in [-0.1, -0.05) is 48.5 Å². The number of para-hydroxylation sites is 1. The molecule has 0 aliphatic heterocycles. The van der Waals surface area contributed by atoms with E-state index in [0.29, 0.717) is 11.4 Å². The minimum Gasteiger partial charge on any atom is -0.322 e. The van der Waals surface area contributed by atoms with Gasteiger partial charge in [-0.05, 0) is 43.2 Å². The van der Waals surface area contributed by atoms with Gasteiger partial charge in [0.05, 0.1) is 10.6 Å². The summed E-state index contributed by atoms with van der Waals surface area (Å²) in [5, 5.41) is 18.5. The molecule has 0 unspecified atom stereocenters. The van der Waals surface area contributed by atoms with Gasteiger partial charge in [0.2, 0.25) is 0 Å². The second-order valence-corrected chi connectivity index (χ2v) is 6.43. The first-order chi connectivity index (χ1) is 14.0. The summed E-state index contributed by atoms with van der Waals surface area (Å²) in [6.07, 6.45) is 0. The molecule has 0 aromatic heterocycles. The first-order valence-electron chi connectivity index (χ1n) is 8.97. The lowest BCUT2D eigenvalue weighted by Crippen LogP contribution is -2.13. The fraction of sp³-hybridized carbons (Fsp3) is 0.0909.